The van der Waals surface area contributed by atoms with E-state index in [-0.39, 0.29) is 39.2 Å². The summed E-state index contributed by atoms with van der Waals surface area (Å²) < 4.78 is 41.7. The molecule has 158 valence electrons. The Labute approximate surface area is 178 Å². The Balaban J connectivity index is 1.93. The van der Waals surface area contributed by atoms with Gasteiger partial charge in [-0.1, -0.05) is 11.6 Å². The number of hydrogen-bond donors (Lipinski definition) is 4. The molecule has 0 fully saturated rings. The van der Waals surface area contributed by atoms with Gasteiger partial charge in [0.15, 0.2) is 0 Å². The van der Waals surface area contributed by atoms with Crippen molar-refractivity contribution in [3.05, 3.63) is 64.5 Å². The maximum atomic E-state index is 14.4. The maximum Gasteiger partial charge on any atom is 0.312 e. The number of halogens is 4. The summed E-state index contributed by atoms with van der Waals surface area (Å²) in [4.78, 5) is 11.3. The first-order valence-electron chi connectivity index (χ1n) is 8.52. The Morgan fingerprint density at radius 1 is 1.16 bits per heavy atom. The van der Waals surface area contributed by atoms with Gasteiger partial charge in [-0.2, -0.15) is 14.0 Å². The SMILES string of the molecule is N#Cc1cc(F)c(Nc2cc(Nc3cc(C(F)(F)CO)ncn3)ncc2C=N)c(Cl)c1. The number of alkyl halides is 2. The molecule has 3 rings (SSSR count). The number of nitriles is 1. The van der Waals surface area contributed by atoms with E-state index in [4.69, 9.17) is 27.4 Å². The Bertz CT molecular complexity index is 1160. The number of pyridine rings is 1. The van der Waals surface area contributed by atoms with E-state index in [0.29, 0.717) is 0 Å². The lowest BCUT2D eigenvalue weighted by Gasteiger charge is -2.15. The zero-order valence-corrected chi connectivity index (χ0v) is 16.3. The number of hydrogen-bond acceptors (Lipinski definition) is 8. The van der Waals surface area contributed by atoms with Gasteiger partial charge in [-0.05, 0) is 12.1 Å². The molecule has 2 heterocycles. The molecule has 0 aliphatic rings. The fourth-order valence-corrected chi connectivity index (χ4v) is 2.74. The number of aliphatic hydroxyl groups excluding tert-OH is 1. The standard InChI is InChI=1S/C19H13ClF3N7O/c20-12-1-10(5-24)2-13(21)18(12)29-14-3-16(26-7-11(14)6-25)30-17-4-15(27-9-28-17)19(22,23)8-31/h1-4,6-7,9,25,31H,8H2,(H2,26,27,28,29,30). The lowest BCUT2D eigenvalue weighted by atomic mass is 10.2. The number of aromatic nitrogens is 3. The van der Waals surface area contributed by atoms with Gasteiger partial charge < -0.3 is 21.1 Å². The van der Waals surface area contributed by atoms with Crippen molar-refractivity contribution in [3.8, 4) is 6.07 Å². The summed E-state index contributed by atoms with van der Waals surface area (Å²) in [5.41, 5.74) is -0.258. The summed E-state index contributed by atoms with van der Waals surface area (Å²) in [6.07, 6.45) is 3.16. The lowest BCUT2D eigenvalue weighted by molar-refractivity contribution is -0.0592. The molecule has 8 nitrogen and oxygen atoms in total. The molecule has 3 aromatic rings. The highest BCUT2D eigenvalue weighted by atomic mass is 35.5. The summed E-state index contributed by atoms with van der Waals surface area (Å²) >= 11 is 6.05. The first-order chi connectivity index (χ1) is 14.8. The predicted molar refractivity (Wildman–Crippen MR) is 108 cm³/mol. The molecule has 0 atom stereocenters. The molecule has 0 aliphatic carbocycles. The monoisotopic (exact) mass is 447 g/mol. The molecule has 0 saturated carbocycles. The van der Waals surface area contributed by atoms with Crippen LogP contribution in [0.3, 0.4) is 0 Å². The van der Waals surface area contributed by atoms with Gasteiger partial charge in [0, 0.05) is 30.1 Å². The Kier molecular flexibility index (Phi) is 6.33. The predicted octanol–water partition coefficient (Wildman–Crippen LogP) is 4.10. The van der Waals surface area contributed by atoms with E-state index in [0.717, 1.165) is 24.7 Å². The highest BCUT2D eigenvalue weighted by molar-refractivity contribution is 6.33. The van der Waals surface area contributed by atoms with Gasteiger partial charge in [0.05, 0.1) is 28.0 Å². The molecule has 0 saturated heterocycles. The van der Waals surface area contributed by atoms with Gasteiger partial charge in [-0.3, -0.25) is 0 Å². The van der Waals surface area contributed by atoms with Gasteiger partial charge in [0.1, 0.15) is 36.1 Å². The van der Waals surface area contributed by atoms with Crippen LogP contribution in [0.1, 0.15) is 16.8 Å². The number of benzene rings is 1. The minimum atomic E-state index is -3.55. The van der Waals surface area contributed by atoms with Crippen LogP contribution in [-0.2, 0) is 5.92 Å². The quantitative estimate of drug-likeness (QED) is 0.401. The van der Waals surface area contributed by atoms with Gasteiger partial charge in [-0.15, -0.1) is 0 Å². The average Bonchev–Trinajstić information content (AvgIpc) is 2.76. The van der Waals surface area contributed by atoms with Gasteiger partial charge in [-0.25, -0.2) is 19.3 Å². The minimum Gasteiger partial charge on any atom is -0.390 e. The summed E-state index contributed by atoms with van der Waals surface area (Å²) in [6.45, 7) is -1.42. The van der Waals surface area contributed by atoms with E-state index >= 15 is 0 Å². The third-order valence-corrected chi connectivity index (χ3v) is 4.32. The molecule has 2 aromatic heterocycles. The van der Waals surface area contributed by atoms with Crippen LogP contribution >= 0.6 is 11.6 Å². The van der Waals surface area contributed by atoms with Crippen LogP contribution in [0, 0.1) is 22.6 Å². The molecule has 0 unspecified atom stereocenters. The number of nitrogens with one attached hydrogen (secondary N) is 3. The van der Waals surface area contributed by atoms with Gasteiger partial charge in [0.25, 0.3) is 0 Å². The second-order valence-electron chi connectivity index (χ2n) is 6.13. The Hall–Kier alpha value is -3.75. The van der Waals surface area contributed by atoms with E-state index < -0.39 is 24.0 Å². The van der Waals surface area contributed by atoms with E-state index in [1.165, 1.54) is 18.3 Å². The maximum absolute atomic E-state index is 14.4. The first kappa shape index (κ1) is 21.9. The van der Waals surface area contributed by atoms with Crippen molar-refractivity contribution in [1.29, 1.82) is 10.7 Å². The molecule has 12 heteroatoms. The fraction of sp³-hybridized carbons (Fsp3) is 0.105. The largest absolute Gasteiger partial charge is 0.390 e. The highest BCUT2D eigenvalue weighted by Gasteiger charge is 2.32. The van der Waals surface area contributed by atoms with Crippen molar-refractivity contribution in [1.82, 2.24) is 15.0 Å². The van der Waals surface area contributed by atoms with Crippen LogP contribution in [0.2, 0.25) is 5.02 Å². The molecule has 0 bridgehead atoms. The van der Waals surface area contributed by atoms with Crippen molar-refractivity contribution in [2.75, 3.05) is 17.2 Å². The summed E-state index contributed by atoms with van der Waals surface area (Å²) in [6, 6.07) is 6.41. The van der Waals surface area contributed by atoms with Crippen molar-refractivity contribution in [3.63, 3.8) is 0 Å². The van der Waals surface area contributed by atoms with E-state index in [1.54, 1.807) is 6.07 Å². The van der Waals surface area contributed by atoms with Gasteiger partial charge >= 0.3 is 5.92 Å². The third-order valence-electron chi connectivity index (χ3n) is 4.02. The average molecular weight is 448 g/mol. The molecule has 0 aliphatic heterocycles. The van der Waals surface area contributed by atoms with Gasteiger partial charge in [0.2, 0.25) is 0 Å². The molecule has 0 radical (unpaired) electrons. The molecule has 31 heavy (non-hydrogen) atoms. The number of nitrogens with zero attached hydrogens (tertiary/aromatic N) is 4. The van der Waals surface area contributed by atoms with Crippen LogP contribution in [0.5, 0.6) is 0 Å². The molecule has 0 spiro atoms. The summed E-state index contributed by atoms with van der Waals surface area (Å²) in [7, 11) is 0. The second kappa shape index (κ2) is 8.95. The molecule has 0 amide bonds. The van der Waals surface area contributed by atoms with Crippen LogP contribution in [-0.4, -0.2) is 32.9 Å². The Morgan fingerprint density at radius 3 is 2.55 bits per heavy atom. The van der Waals surface area contributed by atoms with Crippen LogP contribution in [0.15, 0.2) is 36.8 Å². The van der Waals surface area contributed by atoms with Crippen molar-refractivity contribution >= 4 is 40.8 Å². The lowest BCUT2D eigenvalue weighted by Crippen LogP contribution is -2.20. The number of aliphatic hydroxyl groups is 1. The smallest absolute Gasteiger partial charge is 0.312 e. The molecular formula is C19H13ClF3N7O. The fourth-order valence-electron chi connectivity index (χ4n) is 2.49. The van der Waals surface area contributed by atoms with Crippen LogP contribution < -0.4 is 10.6 Å². The van der Waals surface area contributed by atoms with Crippen molar-refractivity contribution in [2.45, 2.75) is 5.92 Å². The van der Waals surface area contributed by atoms with Crippen molar-refractivity contribution in [2.24, 2.45) is 0 Å². The zero-order chi connectivity index (χ0) is 22.6. The van der Waals surface area contributed by atoms with E-state index in [2.05, 4.69) is 25.6 Å². The van der Waals surface area contributed by atoms with Crippen LogP contribution in [0.4, 0.5) is 36.2 Å². The minimum absolute atomic E-state index is 0.0261. The number of anilines is 4. The van der Waals surface area contributed by atoms with Crippen molar-refractivity contribution < 1.29 is 18.3 Å². The summed E-state index contributed by atoms with van der Waals surface area (Å²) in [5.74, 6) is -4.22. The molecular weight excluding hydrogens is 435 g/mol. The normalized spacial score (nSPS) is 11.0. The highest BCUT2D eigenvalue weighted by Crippen LogP contribution is 2.32. The third kappa shape index (κ3) is 4.88. The van der Waals surface area contributed by atoms with E-state index in [9.17, 15) is 13.2 Å². The molecule has 4 N–H and O–H groups in total. The number of rotatable bonds is 7. The molecule has 1 aromatic carbocycles. The Morgan fingerprint density at radius 2 is 1.90 bits per heavy atom. The second-order valence-corrected chi connectivity index (χ2v) is 6.54. The topological polar surface area (TPSA) is 131 Å². The summed E-state index contributed by atoms with van der Waals surface area (Å²) in [5, 5.41) is 30.6. The first-order valence-corrected chi connectivity index (χ1v) is 8.90. The van der Waals surface area contributed by atoms with E-state index in [1.807, 2.05) is 0 Å². The van der Waals surface area contributed by atoms with Crippen LogP contribution in [0.25, 0.3) is 0 Å². The zero-order valence-electron chi connectivity index (χ0n) is 15.5.